The summed E-state index contributed by atoms with van der Waals surface area (Å²) >= 11 is 0. The summed E-state index contributed by atoms with van der Waals surface area (Å²) in [4.78, 5) is 0. The van der Waals surface area contributed by atoms with Crippen LogP contribution in [0, 0.1) is 5.41 Å². The standard InChI is InChI=1S/C7H11N/c1-3-5-7(8)6-4-2/h3-6,8H,1-2H3/b5-3-,6-4+,8-7?. The van der Waals surface area contributed by atoms with Crippen LogP contribution in [0.5, 0.6) is 0 Å². The van der Waals surface area contributed by atoms with E-state index in [2.05, 4.69) is 0 Å². The van der Waals surface area contributed by atoms with Gasteiger partial charge in [0.15, 0.2) is 0 Å². The van der Waals surface area contributed by atoms with Gasteiger partial charge in [0, 0.05) is 0 Å². The van der Waals surface area contributed by atoms with E-state index in [1.165, 1.54) is 0 Å². The lowest BCUT2D eigenvalue weighted by Crippen LogP contribution is -1.79. The largest absolute Gasteiger partial charge is 0.301 e. The molecule has 0 aromatic carbocycles. The van der Waals surface area contributed by atoms with E-state index in [4.69, 9.17) is 5.41 Å². The van der Waals surface area contributed by atoms with E-state index >= 15 is 0 Å². The van der Waals surface area contributed by atoms with Crippen molar-refractivity contribution in [3.05, 3.63) is 24.3 Å². The summed E-state index contributed by atoms with van der Waals surface area (Å²) < 4.78 is 0. The summed E-state index contributed by atoms with van der Waals surface area (Å²) in [6.07, 6.45) is 7.20. The quantitative estimate of drug-likeness (QED) is 0.525. The first kappa shape index (κ1) is 7.15. The van der Waals surface area contributed by atoms with E-state index < -0.39 is 0 Å². The molecule has 0 bridgehead atoms. The van der Waals surface area contributed by atoms with Crippen LogP contribution in [0.3, 0.4) is 0 Å². The summed E-state index contributed by atoms with van der Waals surface area (Å²) in [7, 11) is 0. The van der Waals surface area contributed by atoms with E-state index in [0.29, 0.717) is 5.71 Å². The maximum atomic E-state index is 7.12. The molecule has 0 aliphatic heterocycles. The normalized spacial score (nSPS) is 11.2. The van der Waals surface area contributed by atoms with Gasteiger partial charge in [-0.05, 0) is 26.0 Å². The zero-order valence-corrected chi connectivity index (χ0v) is 5.31. The second-order valence-electron chi connectivity index (χ2n) is 1.46. The number of nitrogens with one attached hydrogen (secondary N) is 1. The molecule has 0 heterocycles. The summed E-state index contributed by atoms with van der Waals surface area (Å²) in [5.41, 5.74) is 0.551. The second kappa shape index (κ2) is 4.31. The molecule has 0 spiro atoms. The summed E-state index contributed by atoms with van der Waals surface area (Å²) in [5, 5.41) is 7.12. The minimum atomic E-state index is 0.551. The molecule has 0 aromatic heterocycles. The molecule has 0 amide bonds. The van der Waals surface area contributed by atoms with E-state index in [-0.39, 0.29) is 0 Å². The van der Waals surface area contributed by atoms with Crippen molar-refractivity contribution in [3.63, 3.8) is 0 Å². The molecule has 0 saturated carbocycles. The van der Waals surface area contributed by atoms with Crippen LogP contribution >= 0.6 is 0 Å². The Morgan fingerprint density at radius 2 is 1.50 bits per heavy atom. The fourth-order valence-corrected chi connectivity index (χ4v) is 0.415. The van der Waals surface area contributed by atoms with Crippen LogP contribution in [0.2, 0.25) is 0 Å². The first-order valence-electron chi connectivity index (χ1n) is 2.65. The van der Waals surface area contributed by atoms with Gasteiger partial charge in [0.05, 0.1) is 5.71 Å². The molecule has 0 rings (SSSR count). The first-order chi connectivity index (χ1) is 3.81. The van der Waals surface area contributed by atoms with Gasteiger partial charge in [-0.25, -0.2) is 0 Å². The third kappa shape index (κ3) is 3.34. The van der Waals surface area contributed by atoms with Crippen molar-refractivity contribution >= 4 is 5.71 Å². The zero-order valence-electron chi connectivity index (χ0n) is 5.31. The predicted octanol–water partition coefficient (Wildman–Crippen LogP) is 2.16. The van der Waals surface area contributed by atoms with Crippen LogP contribution in [0.1, 0.15) is 13.8 Å². The Morgan fingerprint density at radius 3 is 1.75 bits per heavy atom. The lowest BCUT2D eigenvalue weighted by molar-refractivity contribution is 1.52. The lowest BCUT2D eigenvalue weighted by atomic mass is 10.3. The van der Waals surface area contributed by atoms with Crippen molar-refractivity contribution in [3.8, 4) is 0 Å². The SMILES string of the molecule is C/C=C\C(=N)/C=C/C. The number of hydrogen-bond acceptors (Lipinski definition) is 1. The molecular formula is C7H11N. The summed E-state index contributed by atoms with van der Waals surface area (Å²) in [5.74, 6) is 0. The first-order valence-corrected chi connectivity index (χ1v) is 2.65. The Morgan fingerprint density at radius 1 is 1.12 bits per heavy atom. The van der Waals surface area contributed by atoms with Gasteiger partial charge in [-0.3, -0.25) is 0 Å². The van der Waals surface area contributed by atoms with Crippen molar-refractivity contribution < 1.29 is 0 Å². The molecule has 1 nitrogen and oxygen atoms in total. The molecule has 1 N–H and O–H groups in total. The van der Waals surface area contributed by atoms with E-state index in [0.717, 1.165) is 0 Å². The Kier molecular flexibility index (Phi) is 3.85. The predicted molar refractivity (Wildman–Crippen MR) is 37.4 cm³/mol. The molecule has 0 radical (unpaired) electrons. The monoisotopic (exact) mass is 109 g/mol. The Balaban J connectivity index is 3.66. The van der Waals surface area contributed by atoms with Crippen molar-refractivity contribution in [2.75, 3.05) is 0 Å². The van der Waals surface area contributed by atoms with Crippen LogP contribution < -0.4 is 0 Å². The Labute approximate surface area is 50.2 Å². The molecular weight excluding hydrogens is 98.1 g/mol. The van der Waals surface area contributed by atoms with Crippen LogP contribution in [-0.4, -0.2) is 5.71 Å². The number of allylic oxidation sites excluding steroid dienone is 4. The van der Waals surface area contributed by atoms with Crippen LogP contribution in [-0.2, 0) is 0 Å². The fourth-order valence-electron chi connectivity index (χ4n) is 0.415. The summed E-state index contributed by atoms with van der Waals surface area (Å²) in [6, 6.07) is 0. The highest BCUT2D eigenvalue weighted by molar-refractivity contribution is 6.01. The van der Waals surface area contributed by atoms with Crippen LogP contribution in [0.4, 0.5) is 0 Å². The van der Waals surface area contributed by atoms with E-state index in [1.54, 1.807) is 12.2 Å². The molecule has 0 aliphatic carbocycles. The van der Waals surface area contributed by atoms with Gasteiger partial charge in [0.1, 0.15) is 0 Å². The highest BCUT2D eigenvalue weighted by atomic mass is 14.4. The zero-order chi connectivity index (χ0) is 6.41. The van der Waals surface area contributed by atoms with Gasteiger partial charge in [0.25, 0.3) is 0 Å². The Hall–Kier alpha value is -0.850. The van der Waals surface area contributed by atoms with E-state index in [1.807, 2.05) is 26.0 Å². The van der Waals surface area contributed by atoms with Gasteiger partial charge >= 0.3 is 0 Å². The average Bonchev–Trinajstić information content (AvgIpc) is 1.68. The fraction of sp³-hybridized carbons (Fsp3) is 0.286. The minimum absolute atomic E-state index is 0.551. The highest BCUT2D eigenvalue weighted by Gasteiger charge is 1.74. The molecule has 0 saturated heterocycles. The van der Waals surface area contributed by atoms with E-state index in [9.17, 15) is 0 Å². The van der Waals surface area contributed by atoms with Gasteiger partial charge in [-0.1, -0.05) is 12.2 Å². The van der Waals surface area contributed by atoms with Gasteiger partial charge in [0.2, 0.25) is 0 Å². The van der Waals surface area contributed by atoms with Gasteiger partial charge in [-0.15, -0.1) is 0 Å². The van der Waals surface area contributed by atoms with Crippen LogP contribution in [0.25, 0.3) is 0 Å². The van der Waals surface area contributed by atoms with Crippen molar-refractivity contribution in [2.24, 2.45) is 0 Å². The topological polar surface area (TPSA) is 23.9 Å². The maximum Gasteiger partial charge on any atom is 0.0533 e. The molecule has 1 heteroatoms. The molecule has 44 valence electrons. The number of rotatable bonds is 2. The van der Waals surface area contributed by atoms with Crippen molar-refractivity contribution in [1.82, 2.24) is 0 Å². The maximum absolute atomic E-state index is 7.12. The summed E-state index contributed by atoms with van der Waals surface area (Å²) in [6.45, 7) is 3.80. The lowest BCUT2D eigenvalue weighted by Gasteiger charge is -1.80. The highest BCUT2D eigenvalue weighted by Crippen LogP contribution is 1.79. The van der Waals surface area contributed by atoms with Gasteiger partial charge in [-0.2, -0.15) is 0 Å². The molecule has 0 fully saturated rings. The Bertz CT molecular complexity index is 106. The third-order valence-electron chi connectivity index (χ3n) is 0.692. The number of hydrogen-bond donors (Lipinski definition) is 1. The average molecular weight is 109 g/mol. The van der Waals surface area contributed by atoms with Gasteiger partial charge < -0.3 is 5.41 Å². The molecule has 0 atom stereocenters. The van der Waals surface area contributed by atoms with Crippen molar-refractivity contribution in [1.29, 1.82) is 5.41 Å². The van der Waals surface area contributed by atoms with Crippen LogP contribution in [0.15, 0.2) is 24.3 Å². The third-order valence-corrected chi connectivity index (χ3v) is 0.692. The van der Waals surface area contributed by atoms with Crippen molar-refractivity contribution in [2.45, 2.75) is 13.8 Å². The minimum Gasteiger partial charge on any atom is -0.301 e. The molecule has 0 aromatic rings. The molecule has 0 unspecified atom stereocenters. The second-order valence-corrected chi connectivity index (χ2v) is 1.46. The molecule has 0 aliphatic rings. The molecule has 8 heavy (non-hydrogen) atoms. The smallest absolute Gasteiger partial charge is 0.0533 e.